The Morgan fingerprint density at radius 3 is 2.53 bits per heavy atom. The Labute approximate surface area is 125 Å². The fourth-order valence-electron chi connectivity index (χ4n) is 2.35. The van der Waals surface area contributed by atoms with Gasteiger partial charge in [-0.3, -0.25) is 0 Å². The van der Waals surface area contributed by atoms with E-state index in [-0.39, 0.29) is 0 Å². The van der Waals surface area contributed by atoms with Crippen molar-refractivity contribution in [1.29, 1.82) is 0 Å². The van der Waals surface area contributed by atoms with Crippen molar-refractivity contribution < 1.29 is 0 Å². The Hall–Kier alpha value is -1.14. The summed E-state index contributed by atoms with van der Waals surface area (Å²) < 4.78 is 1.04. The lowest BCUT2D eigenvalue weighted by atomic mass is 10.2. The number of halogens is 1. The number of nitrogens with zero attached hydrogens (tertiary/aromatic N) is 4. The zero-order chi connectivity index (χ0) is 13.2. The van der Waals surface area contributed by atoms with Crippen LogP contribution in [0.15, 0.2) is 28.3 Å². The fraction of sp³-hybridized carbons (Fsp3) is 0.385. The molecule has 2 aromatic heterocycles. The smallest absolute Gasteiger partial charge is 0.185 e. The van der Waals surface area contributed by atoms with Gasteiger partial charge in [-0.15, -0.1) is 11.3 Å². The second kappa shape index (κ2) is 5.46. The van der Waals surface area contributed by atoms with Crippen LogP contribution in [0.25, 0.3) is 0 Å². The first kappa shape index (κ1) is 12.9. The summed E-state index contributed by atoms with van der Waals surface area (Å²) in [5.74, 6) is 1.10. The van der Waals surface area contributed by atoms with Gasteiger partial charge in [0.15, 0.2) is 5.13 Å². The Morgan fingerprint density at radius 1 is 1.16 bits per heavy atom. The van der Waals surface area contributed by atoms with E-state index in [1.165, 1.54) is 5.56 Å². The Bertz CT molecular complexity index is 550. The predicted octanol–water partition coefficient (Wildman–Crippen LogP) is 2.94. The van der Waals surface area contributed by atoms with Crippen LogP contribution >= 0.6 is 27.3 Å². The van der Waals surface area contributed by atoms with Crippen molar-refractivity contribution >= 4 is 38.2 Å². The summed E-state index contributed by atoms with van der Waals surface area (Å²) in [4.78, 5) is 13.6. The summed E-state index contributed by atoms with van der Waals surface area (Å²) in [6, 6.07) is 2.12. The molecule has 0 aliphatic carbocycles. The zero-order valence-corrected chi connectivity index (χ0v) is 13.1. The lowest BCUT2D eigenvalue weighted by Gasteiger charge is -2.35. The van der Waals surface area contributed by atoms with Gasteiger partial charge >= 0.3 is 0 Å². The van der Waals surface area contributed by atoms with Gasteiger partial charge in [-0.2, -0.15) is 0 Å². The molecule has 0 bridgehead atoms. The number of anilines is 2. The van der Waals surface area contributed by atoms with E-state index < -0.39 is 0 Å². The standard InChI is InChI=1S/C13H15BrN4S/c1-10-8-11(14)9-16-12(10)17-3-5-18(6-4-17)13-15-2-7-19-13/h2,7-9H,3-6H2,1H3. The first-order valence-electron chi connectivity index (χ1n) is 6.25. The predicted molar refractivity (Wildman–Crippen MR) is 83.2 cm³/mol. The number of pyridine rings is 1. The molecule has 6 heteroatoms. The second-order valence-electron chi connectivity index (χ2n) is 4.58. The maximum Gasteiger partial charge on any atom is 0.185 e. The van der Waals surface area contributed by atoms with Crippen molar-refractivity contribution in [2.24, 2.45) is 0 Å². The number of hydrogen-bond acceptors (Lipinski definition) is 5. The molecule has 0 radical (unpaired) electrons. The minimum atomic E-state index is 0.995. The average Bonchev–Trinajstić information content (AvgIpc) is 2.93. The van der Waals surface area contributed by atoms with Crippen LogP contribution in [0.4, 0.5) is 10.9 Å². The van der Waals surface area contributed by atoms with Crippen molar-refractivity contribution in [2.45, 2.75) is 6.92 Å². The Kier molecular flexibility index (Phi) is 3.70. The normalized spacial score (nSPS) is 15.9. The first-order chi connectivity index (χ1) is 9.24. The van der Waals surface area contributed by atoms with Gasteiger partial charge in [0.2, 0.25) is 0 Å². The molecule has 0 unspecified atom stereocenters. The number of aromatic nitrogens is 2. The molecule has 3 rings (SSSR count). The van der Waals surface area contributed by atoms with Crippen LogP contribution < -0.4 is 9.80 Å². The van der Waals surface area contributed by atoms with E-state index in [4.69, 9.17) is 0 Å². The van der Waals surface area contributed by atoms with Gasteiger partial charge in [0.25, 0.3) is 0 Å². The van der Waals surface area contributed by atoms with Crippen LogP contribution in [0.5, 0.6) is 0 Å². The highest BCUT2D eigenvalue weighted by Crippen LogP contribution is 2.24. The molecular formula is C13H15BrN4S. The molecule has 19 heavy (non-hydrogen) atoms. The van der Waals surface area contributed by atoms with E-state index in [0.29, 0.717) is 0 Å². The van der Waals surface area contributed by atoms with Gasteiger partial charge in [0, 0.05) is 48.4 Å². The molecule has 4 nitrogen and oxygen atoms in total. The third-order valence-corrected chi connectivity index (χ3v) is 4.55. The second-order valence-corrected chi connectivity index (χ2v) is 6.37. The van der Waals surface area contributed by atoms with Gasteiger partial charge in [0.1, 0.15) is 5.82 Å². The summed E-state index contributed by atoms with van der Waals surface area (Å²) >= 11 is 5.17. The van der Waals surface area contributed by atoms with E-state index in [1.807, 2.05) is 17.8 Å². The van der Waals surface area contributed by atoms with E-state index in [2.05, 4.69) is 48.7 Å². The molecule has 0 aromatic carbocycles. The molecular weight excluding hydrogens is 324 g/mol. The number of piperazine rings is 1. The van der Waals surface area contributed by atoms with Gasteiger partial charge in [0.05, 0.1) is 0 Å². The topological polar surface area (TPSA) is 32.3 Å². The van der Waals surface area contributed by atoms with Crippen LogP contribution in [0.2, 0.25) is 0 Å². The molecule has 1 fully saturated rings. The van der Waals surface area contributed by atoms with Crippen LogP contribution in [-0.2, 0) is 0 Å². The summed E-state index contributed by atoms with van der Waals surface area (Å²) in [5.41, 5.74) is 1.22. The molecule has 0 amide bonds. The van der Waals surface area contributed by atoms with E-state index in [0.717, 1.165) is 41.6 Å². The Balaban J connectivity index is 1.70. The lowest BCUT2D eigenvalue weighted by Crippen LogP contribution is -2.47. The quantitative estimate of drug-likeness (QED) is 0.842. The molecule has 0 atom stereocenters. The summed E-state index contributed by atoms with van der Waals surface area (Å²) in [7, 11) is 0. The van der Waals surface area contributed by atoms with Crippen LogP contribution in [-0.4, -0.2) is 36.1 Å². The van der Waals surface area contributed by atoms with Crippen molar-refractivity contribution in [3.8, 4) is 0 Å². The molecule has 3 heterocycles. The number of thiazole rings is 1. The number of aryl methyl sites for hydroxylation is 1. The average molecular weight is 339 g/mol. The van der Waals surface area contributed by atoms with Crippen molar-refractivity contribution in [3.05, 3.63) is 33.9 Å². The van der Waals surface area contributed by atoms with E-state index in [9.17, 15) is 0 Å². The summed E-state index contributed by atoms with van der Waals surface area (Å²) in [5, 5.41) is 3.16. The molecule has 0 spiro atoms. The van der Waals surface area contributed by atoms with Crippen LogP contribution in [0.1, 0.15) is 5.56 Å². The third kappa shape index (κ3) is 2.74. The van der Waals surface area contributed by atoms with Gasteiger partial charge < -0.3 is 9.80 Å². The van der Waals surface area contributed by atoms with Gasteiger partial charge in [-0.25, -0.2) is 9.97 Å². The maximum absolute atomic E-state index is 4.54. The van der Waals surface area contributed by atoms with Gasteiger partial charge in [-0.05, 0) is 34.5 Å². The molecule has 1 aliphatic heterocycles. The molecule has 1 aliphatic rings. The highest BCUT2D eigenvalue weighted by molar-refractivity contribution is 9.10. The lowest BCUT2D eigenvalue weighted by molar-refractivity contribution is 0.644. The van der Waals surface area contributed by atoms with E-state index >= 15 is 0 Å². The summed E-state index contributed by atoms with van der Waals surface area (Å²) in [6.45, 7) is 6.11. The van der Waals surface area contributed by atoms with Gasteiger partial charge in [-0.1, -0.05) is 0 Å². The number of hydrogen-bond donors (Lipinski definition) is 0. The highest BCUT2D eigenvalue weighted by atomic mass is 79.9. The van der Waals surface area contributed by atoms with Crippen LogP contribution in [0.3, 0.4) is 0 Å². The van der Waals surface area contributed by atoms with Crippen molar-refractivity contribution in [3.63, 3.8) is 0 Å². The molecule has 100 valence electrons. The largest absolute Gasteiger partial charge is 0.353 e. The van der Waals surface area contributed by atoms with Crippen molar-refractivity contribution in [2.75, 3.05) is 36.0 Å². The fourth-order valence-corrected chi connectivity index (χ4v) is 3.49. The Morgan fingerprint density at radius 2 is 1.89 bits per heavy atom. The molecule has 0 N–H and O–H groups in total. The minimum absolute atomic E-state index is 0.995. The highest BCUT2D eigenvalue weighted by Gasteiger charge is 2.20. The number of rotatable bonds is 2. The van der Waals surface area contributed by atoms with Crippen molar-refractivity contribution in [1.82, 2.24) is 9.97 Å². The third-order valence-electron chi connectivity index (χ3n) is 3.29. The SMILES string of the molecule is Cc1cc(Br)cnc1N1CCN(c2nccs2)CC1. The zero-order valence-electron chi connectivity index (χ0n) is 10.7. The first-order valence-corrected chi connectivity index (χ1v) is 7.93. The molecule has 1 saturated heterocycles. The maximum atomic E-state index is 4.54. The molecule has 0 saturated carbocycles. The van der Waals surface area contributed by atoms with E-state index in [1.54, 1.807) is 11.3 Å². The van der Waals surface area contributed by atoms with Crippen LogP contribution in [0, 0.1) is 6.92 Å². The summed E-state index contributed by atoms with van der Waals surface area (Å²) in [6.07, 6.45) is 3.74. The molecule has 2 aromatic rings. The minimum Gasteiger partial charge on any atom is -0.353 e. The monoisotopic (exact) mass is 338 g/mol.